The first-order valence-corrected chi connectivity index (χ1v) is 8.88. The third kappa shape index (κ3) is 6.79. The molecule has 0 bridgehead atoms. The first-order chi connectivity index (χ1) is 13.0. The van der Waals surface area contributed by atoms with E-state index in [-0.39, 0.29) is 24.0 Å². The lowest BCUT2D eigenvalue weighted by Crippen LogP contribution is -2.29. The van der Waals surface area contributed by atoms with Crippen LogP contribution in [0.15, 0.2) is 42.6 Å². The van der Waals surface area contributed by atoms with Crippen molar-refractivity contribution < 1.29 is 14.0 Å². The van der Waals surface area contributed by atoms with Crippen LogP contribution < -0.4 is 10.6 Å². The molecule has 0 aliphatic rings. The maximum Gasteiger partial charge on any atom is 0.269 e. The van der Waals surface area contributed by atoms with Gasteiger partial charge in [0.05, 0.1) is 0 Å². The molecule has 0 unspecified atom stereocenters. The highest BCUT2D eigenvalue weighted by atomic mass is 19.1. The van der Waals surface area contributed by atoms with Crippen LogP contribution in [0.2, 0.25) is 0 Å². The zero-order valence-corrected chi connectivity index (χ0v) is 15.7. The number of hydrogen-bond acceptors (Lipinski definition) is 4. The predicted molar refractivity (Wildman–Crippen MR) is 102 cm³/mol. The Morgan fingerprint density at radius 2 is 1.81 bits per heavy atom. The molecule has 2 aromatic rings. The predicted octanol–water partition coefficient (Wildman–Crippen LogP) is 1.87. The van der Waals surface area contributed by atoms with E-state index >= 15 is 0 Å². The lowest BCUT2D eigenvalue weighted by atomic mass is 10.1. The summed E-state index contributed by atoms with van der Waals surface area (Å²) < 4.78 is 13.6. The van der Waals surface area contributed by atoms with E-state index in [1.165, 1.54) is 18.3 Å². The third-order valence-corrected chi connectivity index (χ3v) is 3.96. The number of carbonyl (C=O) groups is 2. The number of pyridine rings is 1. The van der Waals surface area contributed by atoms with Crippen LogP contribution in [-0.4, -0.2) is 55.4 Å². The number of rotatable bonds is 9. The van der Waals surface area contributed by atoms with Gasteiger partial charge in [-0.2, -0.15) is 0 Å². The van der Waals surface area contributed by atoms with Crippen LogP contribution in [0.5, 0.6) is 0 Å². The molecule has 6 nitrogen and oxygen atoms in total. The van der Waals surface area contributed by atoms with Crippen molar-refractivity contribution in [3.63, 3.8) is 0 Å². The van der Waals surface area contributed by atoms with E-state index < -0.39 is 5.91 Å². The van der Waals surface area contributed by atoms with Gasteiger partial charge in [-0.1, -0.05) is 18.2 Å². The third-order valence-electron chi connectivity index (χ3n) is 3.96. The van der Waals surface area contributed by atoms with E-state index in [1.54, 1.807) is 24.3 Å². The summed E-state index contributed by atoms with van der Waals surface area (Å²) in [6.07, 6.45) is 2.65. The van der Waals surface area contributed by atoms with Crippen LogP contribution >= 0.6 is 0 Å². The van der Waals surface area contributed by atoms with Gasteiger partial charge < -0.3 is 15.5 Å². The fourth-order valence-corrected chi connectivity index (χ4v) is 2.50. The van der Waals surface area contributed by atoms with Crippen LogP contribution in [-0.2, 0) is 6.42 Å². The molecule has 1 heterocycles. The lowest BCUT2D eigenvalue weighted by Gasteiger charge is -2.10. The van der Waals surface area contributed by atoms with Crippen molar-refractivity contribution in [3.05, 3.63) is 65.2 Å². The molecule has 0 saturated carbocycles. The topological polar surface area (TPSA) is 74.3 Å². The number of halogens is 1. The summed E-state index contributed by atoms with van der Waals surface area (Å²) in [6, 6.07) is 9.47. The van der Waals surface area contributed by atoms with Gasteiger partial charge in [-0.25, -0.2) is 4.39 Å². The molecule has 7 heteroatoms. The van der Waals surface area contributed by atoms with Crippen molar-refractivity contribution in [1.29, 1.82) is 0 Å². The molecular formula is C20H25FN4O2. The van der Waals surface area contributed by atoms with Crippen LogP contribution in [0.1, 0.15) is 32.8 Å². The number of aromatic nitrogens is 1. The molecule has 2 rings (SSSR count). The summed E-state index contributed by atoms with van der Waals surface area (Å²) in [5.41, 5.74) is 1.08. The fraction of sp³-hybridized carbons (Fsp3) is 0.350. The molecule has 0 spiro atoms. The van der Waals surface area contributed by atoms with Gasteiger partial charge in [0.1, 0.15) is 11.5 Å². The Bertz CT molecular complexity index is 780. The summed E-state index contributed by atoms with van der Waals surface area (Å²) in [4.78, 5) is 30.5. The van der Waals surface area contributed by atoms with Gasteiger partial charge in [-0.3, -0.25) is 14.6 Å². The first-order valence-electron chi connectivity index (χ1n) is 8.88. The minimum absolute atomic E-state index is 0.157. The molecule has 1 aromatic heterocycles. The molecule has 0 fully saturated rings. The average Bonchev–Trinajstić information content (AvgIpc) is 2.66. The van der Waals surface area contributed by atoms with E-state index in [1.807, 2.05) is 19.0 Å². The lowest BCUT2D eigenvalue weighted by molar-refractivity contribution is 0.0949. The van der Waals surface area contributed by atoms with Crippen molar-refractivity contribution in [3.8, 4) is 0 Å². The minimum atomic E-state index is -0.395. The molecule has 0 aliphatic carbocycles. The summed E-state index contributed by atoms with van der Waals surface area (Å²) in [6.45, 7) is 1.72. The van der Waals surface area contributed by atoms with Gasteiger partial charge >= 0.3 is 0 Å². The minimum Gasteiger partial charge on any atom is -0.352 e. The van der Waals surface area contributed by atoms with Gasteiger partial charge in [0.15, 0.2) is 0 Å². The molecule has 2 amide bonds. The fourth-order valence-electron chi connectivity index (χ4n) is 2.50. The Hall–Kier alpha value is -2.80. The largest absolute Gasteiger partial charge is 0.352 e. The standard InChI is InChI=1S/C20H25FN4O2/c1-25(2)13-5-10-23-19(26)16-9-11-22-18(14-16)20(27)24-12-8-15-6-3-4-7-17(15)21/h3-4,6-7,9,11,14H,5,8,10,12-13H2,1-2H3,(H,23,26)(H,24,27). The second kappa shape index (κ2) is 10.4. The molecule has 1 aromatic carbocycles. The Kier molecular flexibility index (Phi) is 7.88. The zero-order valence-electron chi connectivity index (χ0n) is 15.7. The second-order valence-electron chi connectivity index (χ2n) is 6.44. The number of amides is 2. The quantitative estimate of drug-likeness (QED) is 0.659. The van der Waals surface area contributed by atoms with Crippen LogP contribution in [0.25, 0.3) is 0 Å². The summed E-state index contributed by atoms with van der Waals surface area (Å²) in [7, 11) is 3.95. The van der Waals surface area contributed by atoms with Gasteiger partial charge in [-0.15, -0.1) is 0 Å². The Balaban J connectivity index is 1.85. The van der Waals surface area contributed by atoms with Crippen LogP contribution in [0, 0.1) is 5.82 Å². The highest BCUT2D eigenvalue weighted by Gasteiger charge is 2.12. The smallest absolute Gasteiger partial charge is 0.269 e. The Labute approximate surface area is 158 Å². The number of hydrogen-bond donors (Lipinski definition) is 2. The normalized spacial score (nSPS) is 10.7. The first kappa shape index (κ1) is 20.5. The van der Waals surface area contributed by atoms with Gasteiger partial charge in [0.25, 0.3) is 11.8 Å². The molecule has 144 valence electrons. The van der Waals surface area contributed by atoms with Gasteiger partial charge in [0.2, 0.25) is 0 Å². The molecular weight excluding hydrogens is 347 g/mol. The number of nitrogens with one attached hydrogen (secondary N) is 2. The van der Waals surface area contributed by atoms with Crippen LogP contribution in [0.4, 0.5) is 4.39 Å². The van der Waals surface area contributed by atoms with Crippen molar-refractivity contribution >= 4 is 11.8 Å². The second-order valence-corrected chi connectivity index (χ2v) is 6.44. The van der Waals surface area contributed by atoms with E-state index in [9.17, 15) is 14.0 Å². The van der Waals surface area contributed by atoms with Crippen molar-refractivity contribution in [1.82, 2.24) is 20.5 Å². The summed E-state index contributed by atoms with van der Waals surface area (Å²) >= 11 is 0. The average molecular weight is 372 g/mol. The Morgan fingerprint density at radius 1 is 1.07 bits per heavy atom. The molecule has 2 N–H and O–H groups in total. The van der Waals surface area contributed by atoms with Crippen molar-refractivity contribution in [2.24, 2.45) is 0 Å². The molecule has 27 heavy (non-hydrogen) atoms. The van der Waals surface area contributed by atoms with E-state index in [4.69, 9.17) is 0 Å². The number of carbonyl (C=O) groups excluding carboxylic acids is 2. The SMILES string of the molecule is CN(C)CCCNC(=O)c1ccnc(C(=O)NCCc2ccccc2F)c1. The van der Waals surface area contributed by atoms with E-state index in [2.05, 4.69) is 15.6 Å². The number of nitrogens with zero attached hydrogens (tertiary/aromatic N) is 2. The maximum atomic E-state index is 13.6. The van der Waals surface area contributed by atoms with Crippen LogP contribution in [0.3, 0.4) is 0 Å². The maximum absolute atomic E-state index is 13.6. The van der Waals surface area contributed by atoms with Crippen molar-refractivity contribution in [2.75, 3.05) is 33.7 Å². The van der Waals surface area contributed by atoms with Crippen molar-refractivity contribution in [2.45, 2.75) is 12.8 Å². The summed E-state index contributed by atoms with van der Waals surface area (Å²) in [5.74, 6) is -0.928. The van der Waals surface area contributed by atoms with E-state index in [0.29, 0.717) is 24.1 Å². The Morgan fingerprint density at radius 3 is 2.56 bits per heavy atom. The highest BCUT2D eigenvalue weighted by Crippen LogP contribution is 2.07. The summed E-state index contributed by atoms with van der Waals surface area (Å²) in [5, 5.41) is 5.52. The molecule has 0 saturated heterocycles. The van der Waals surface area contributed by atoms with Gasteiger partial charge in [0, 0.05) is 24.8 Å². The molecule has 0 radical (unpaired) electrons. The molecule has 0 aliphatic heterocycles. The monoisotopic (exact) mass is 372 g/mol. The molecule has 0 atom stereocenters. The van der Waals surface area contributed by atoms with Gasteiger partial charge in [-0.05, 0) is 57.2 Å². The van der Waals surface area contributed by atoms with E-state index in [0.717, 1.165) is 13.0 Å². The highest BCUT2D eigenvalue weighted by molar-refractivity contribution is 5.98. The number of benzene rings is 1. The zero-order chi connectivity index (χ0) is 19.6.